The van der Waals surface area contributed by atoms with Crippen molar-refractivity contribution in [2.75, 3.05) is 17.1 Å². The third-order valence-electron chi connectivity index (χ3n) is 2.65. The first kappa shape index (κ1) is 16.5. The number of nitrogens with one attached hydrogen (secondary N) is 1. The zero-order valence-electron chi connectivity index (χ0n) is 11.7. The number of benzene rings is 1. The van der Waals surface area contributed by atoms with Crippen LogP contribution in [0.4, 0.5) is 5.69 Å². The van der Waals surface area contributed by atoms with E-state index < -0.39 is 10.0 Å². The van der Waals surface area contributed by atoms with E-state index in [0.717, 1.165) is 0 Å². The molecule has 1 N–H and O–H groups in total. The van der Waals surface area contributed by atoms with Crippen molar-refractivity contribution in [3.05, 3.63) is 30.3 Å². The lowest BCUT2D eigenvalue weighted by molar-refractivity contribution is -0.143. The van der Waals surface area contributed by atoms with Crippen molar-refractivity contribution in [1.29, 1.82) is 0 Å². The van der Waals surface area contributed by atoms with Crippen molar-refractivity contribution in [3.8, 4) is 0 Å². The van der Waals surface area contributed by atoms with E-state index in [1.165, 1.54) is 0 Å². The Morgan fingerprint density at radius 3 is 2.50 bits per heavy atom. The highest BCUT2D eigenvalue weighted by Crippen LogP contribution is 2.10. The molecular formula is C14H21NO4S. The topological polar surface area (TPSA) is 72.5 Å². The number of anilines is 1. The van der Waals surface area contributed by atoms with E-state index in [9.17, 15) is 13.2 Å². The van der Waals surface area contributed by atoms with Crippen LogP contribution in [-0.4, -0.2) is 26.7 Å². The molecule has 5 nitrogen and oxygen atoms in total. The summed E-state index contributed by atoms with van der Waals surface area (Å²) in [5, 5.41) is 0. The van der Waals surface area contributed by atoms with E-state index in [0.29, 0.717) is 38.0 Å². The van der Waals surface area contributed by atoms with E-state index in [4.69, 9.17) is 4.74 Å². The van der Waals surface area contributed by atoms with Gasteiger partial charge in [0.1, 0.15) is 0 Å². The van der Waals surface area contributed by atoms with E-state index in [1.807, 2.05) is 6.07 Å². The van der Waals surface area contributed by atoms with Crippen LogP contribution < -0.4 is 4.72 Å². The average molecular weight is 299 g/mol. The van der Waals surface area contributed by atoms with Crippen LogP contribution in [0.2, 0.25) is 0 Å². The van der Waals surface area contributed by atoms with Gasteiger partial charge >= 0.3 is 5.97 Å². The smallest absolute Gasteiger partial charge is 0.305 e. The normalized spacial score (nSPS) is 11.1. The zero-order chi connectivity index (χ0) is 14.8. The lowest BCUT2D eigenvalue weighted by Gasteiger charge is -2.07. The molecule has 0 bridgehead atoms. The SMILES string of the molecule is CCOC(=O)CCCCCS(=O)(=O)Nc1ccccc1. The summed E-state index contributed by atoms with van der Waals surface area (Å²) in [6.07, 6.45) is 2.22. The summed E-state index contributed by atoms with van der Waals surface area (Å²) >= 11 is 0. The van der Waals surface area contributed by atoms with Gasteiger partial charge in [-0.2, -0.15) is 0 Å². The first-order chi connectivity index (χ1) is 9.53. The standard InChI is InChI=1S/C14H21NO4S/c1-2-19-14(16)11-7-4-8-12-20(17,18)15-13-9-5-3-6-10-13/h3,5-6,9-10,15H,2,4,7-8,11-12H2,1H3. The lowest BCUT2D eigenvalue weighted by atomic mass is 10.2. The van der Waals surface area contributed by atoms with Crippen molar-refractivity contribution in [2.24, 2.45) is 0 Å². The van der Waals surface area contributed by atoms with Crippen LogP contribution in [0.15, 0.2) is 30.3 Å². The molecule has 0 aliphatic carbocycles. The van der Waals surface area contributed by atoms with Gasteiger partial charge in [0, 0.05) is 12.1 Å². The number of carbonyl (C=O) groups excluding carboxylic acids is 1. The van der Waals surface area contributed by atoms with Crippen LogP contribution in [0.25, 0.3) is 0 Å². The molecule has 0 amide bonds. The van der Waals surface area contributed by atoms with Crippen molar-refractivity contribution in [3.63, 3.8) is 0 Å². The number of rotatable bonds is 9. The Kier molecular flexibility index (Phi) is 7.08. The molecule has 1 aromatic carbocycles. The minimum atomic E-state index is -3.31. The fourth-order valence-corrected chi connectivity index (χ4v) is 2.89. The number of unbranched alkanes of at least 4 members (excludes halogenated alkanes) is 2. The molecule has 0 saturated heterocycles. The highest BCUT2D eigenvalue weighted by atomic mass is 32.2. The molecule has 0 aromatic heterocycles. The van der Waals surface area contributed by atoms with Gasteiger partial charge in [0.05, 0.1) is 12.4 Å². The summed E-state index contributed by atoms with van der Waals surface area (Å²) < 4.78 is 30.9. The predicted molar refractivity (Wildman–Crippen MR) is 79.0 cm³/mol. The Morgan fingerprint density at radius 1 is 1.15 bits per heavy atom. The van der Waals surface area contributed by atoms with Crippen molar-refractivity contribution < 1.29 is 17.9 Å². The largest absolute Gasteiger partial charge is 0.466 e. The molecular weight excluding hydrogens is 278 g/mol. The molecule has 112 valence electrons. The molecule has 0 atom stereocenters. The van der Waals surface area contributed by atoms with E-state index in [2.05, 4.69) is 4.72 Å². The summed E-state index contributed by atoms with van der Waals surface area (Å²) in [5.41, 5.74) is 0.569. The Morgan fingerprint density at radius 2 is 1.85 bits per heavy atom. The molecule has 20 heavy (non-hydrogen) atoms. The maximum absolute atomic E-state index is 11.8. The highest BCUT2D eigenvalue weighted by Gasteiger charge is 2.10. The van der Waals surface area contributed by atoms with Crippen molar-refractivity contribution in [2.45, 2.75) is 32.6 Å². The molecule has 0 unspecified atom stereocenters. The monoisotopic (exact) mass is 299 g/mol. The molecule has 0 spiro atoms. The highest BCUT2D eigenvalue weighted by molar-refractivity contribution is 7.92. The number of esters is 1. The summed E-state index contributed by atoms with van der Waals surface area (Å²) in [6.45, 7) is 2.15. The Balaban J connectivity index is 2.22. The molecule has 0 aliphatic rings. The molecule has 1 rings (SSSR count). The van der Waals surface area contributed by atoms with Crippen LogP contribution in [0.1, 0.15) is 32.6 Å². The Labute approximate surface area is 120 Å². The van der Waals surface area contributed by atoms with E-state index in [1.54, 1.807) is 31.2 Å². The lowest BCUT2D eigenvalue weighted by Crippen LogP contribution is -2.16. The summed E-state index contributed by atoms with van der Waals surface area (Å²) in [6, 6.07) is 8.79. The second-order valence-electron chi connectivity index (χ2n) is 4.40. The minimum Gasteiger partial charge on any atom is -0.466 e. The third kappa shape index (κ3) is 7.13. The number of para-hydroxylation sites is 1. The third-order valence-corrected chi connectivity index (χ3v) is 4.02. The average Bonchev–Trinajstić information content (AvgIpc) is 2.39. The molecule has 0 aliphatic heterocycles. The van der Waals surface area contributed by atoms with Crippen LogP contribution in [-0.2, 0) is 19.6 Å². The number of ether oxygens (including phenoxy) is 1. The fourth-order valence-electron chi connectivity index (χ4n) is 1.71. The van der Waals surface area contributed by atoms with Gasteiger partial charge in [-0.05, 0) is 31.9 Å². The molecule has 1 aromatic rings. The molecule has 0 heterocycles. The second-order valence-corrected chi connectivity index (χ2v) is 6.24. The first-order valence-corrected chi connectivity index (χ1v) is 8.40. The van der Waals surface area contributed by atoms with Crippen molar-refractivity contribution in [1.82, 2.24) is 0 Å². The van der Waals surface area contributed by atoms with Crippen LogP contribution >= 0.6 is 0 Å². The molecule has 6 heteroatoms. The van der Waals surface area contributed by atoms with Crippen molar-refractivity contribution >= 4 is 21.7 Å². The maximum atomic E-state index is 11.8. The quantitative estimate of drug-likeness (QED) is 0.562. The van der Waals surface area contributed by atoms with Crippen LogP contribution in [0, 0.1) is 0 Å². The van der Waals surface area contributed by atoms with Gasteiger partial charge < -0.3 is 4.74 Å². The van der Waals surface area contributed by atoms with Gasteiger partial charge in [0.2, 0.25) is 10.0 Å². The summed E-state index contributed by atoms with van der Waals surface area (Å²) in [5.74, 6) is -0.164. The Hall–Kier alpha value is -1.56. The van der Waals surface area contributed by atoms with Crippen LogP contribution in [0.5, 0.6) is 0 Å². The first-order valence-electron chi connectivity index (χ1n) is 6.74. The van der Waals surface area contributed by atoms with Gasteiger partial charge in [-0.25, -0.2) is 8.42 Å². The van der Waals surface area contributed by atoms with E-state index >= 15 is 0 Å². The van der Waals surface area contributed by atoms with Gasteiger partial charge in [0.25, 0.3) is 0 Å². The summed E-state index contributed by atoms with van der Waals surface area (Å²) in [7, 11) is -3.31. The molecule has 0 saturated carbocycles. The number of hydrogen-bond donors (Lipinski definition) is 1. The molecule has 0 radical (unpaired) electrons. The van der Waals surface area contributed by atoms with Gasteiger partial charge in [-0.3, -0.25) is 9.52 Å². The minimum absolute atomic E-state index is 0.0602. The second kappa shape index (κ2) is 8.58. The molecule has 0 fully saturated rings. The number of carbonyl (C=O) groups is 1. The predicted octanol–water partition coefficient (Wildman–Crippen LogP) is 2.55. The van der Waals surface area contributed by atoms with Gasteiger partial charge in [-0.1, -0.05) is 24.6 Å². The van der Waals surface area contributed by atoms with Crippen LogP contribution in [0.3, 0.4) is 0 Å². The fraction of sp³-hybridized carbons (Fsp3) is 0.500. The van der Waals surface area contributed by atoms with Gasteiger partial charge in [-0.15, -0.1) is 0 Å². The number of hydrogen-bond acceptors (Lipinski definition) is 4. The van der Waals surface area contributed by atoms with E-state index in [-0.39, 0.29) is 11.7 Å². The maximum Gasteiger partial charge on any atom is 0.305 e. The van der Waals surface area contributed by atoms with Gasteiger partial charge in [0.15, 0.2) is 0 Å². The summed E-state index contributed by atoms with van der Waals surface area (Å²) in [4.78, 5) is 11.1. The Bertz CT molecular complexity index is 499. The number of sulfonamides is 1. The zero-order valence-corrected chi connectivity index (χ0v) is 12.5.